The van der Waals surface area contributed by atoms with Gasteiger partial charge in [0.1, 0.15) is 5.75 Å². The number of benzene rings is 1. The van der Waals surface area contributed by atoms with Gasteiger partial charge < -0.3 is 14.8 Å². The predicted molar refractivity (Wildman–Crippen MR) is 91.9 cm³/mol. The van der Waals surface area contributed by atoms with Crippen LogP contribution in [0.15, 0.2) is 24.3 Å². The van der Waals surface area contributed by atoms with E-state index in [2.05, 4.69) is 5.32 Å². The van der Waals surface area contributed by atoms with Gasteiger partial charge in [0.15, 0.2) is 5.60 Å². The summed E-state index contributed by atoms with van der Waals surface area (Å²) in [4.78, 5) is 24.1. The van der Waals surface area contributed by atoms with Gasteiger partial charge in [0, 0.05) is 13.0 Å². The fourth-order valence-corrected chi connectivity index (χ4v) is 3.06. The van der Waals surface area contributed by atoms with Crippen LogP contribution in [-0.4, -0.2) is 31.1 Å². The molecule has 1 amide bonds. The highest BCUT2D eigenvalue weighted by atomic mass is 16.6. The third-order valence-electron chi connectivity index (χ3n) is 4.51. The van der Waals surface area contributed by atoms with Crippen LogP contribution in [0.2, 0.25) is 0 Å². The standard InChI is InChI=1S/C19H27NO4/c1-3-17(21)24-19(12-4-5-13-19)18(22)20-14-6-7-15-8-10-16(23-2)11-9-15/h8-11H,3-7,12-14H2,1-2H3,(H,20,22). The molecule has 1 saturated carbocycles. The maximum Gasteiger partial charge on any atom is 0.306 e. The van der Waals surface area contributed by atoms with Crippen molar-refractivity contribution >= 4 is 11.9 Å². The number of carbonyl (C=O) groups excluding carboxylic acids is 2. The fraction of sp³-hybridized carbons (Fsp3) is 0.579. The Labute approximate surface area is 143 Å². The highest BCUT2D eigenvalue weighted by Gasteiger charge is 2.44. The highest BCUT2D eigenvalue weighted by Crippen LogP contribution is 2.34. The van der Waals surface area contributed by atoms with E-state index < -0.39 is 5.60 Å². The smallest absolute Gasteiger partial charge is 0.306 e. The number of hydrogen-bond acceptors (Lipinski definition) is 4. The molecule has 0 aromatic heterocycles. The average Bonchev–Trinajstić information content (AvgIpc) is 3.08. The van der Waals surface area contributed by atoms with E-state index in [0.29, 0.717) is 25.8 Å². The minimum Gasteiger partial charge on any atom is -0.497 e. The Bertz CT molecular complexity index is 547. The van der Waals surface area contributed by atoms with E-state index in [1.807, 2.05) is 24.3 Å². The van der Waals surface area contributed by atoms with Crippen LogP contribution < -0.4 is 10.1 Å². The molecule has 1 aliphatic carbocycles. The van der Waals surface area contributed by atoms with Gasteiger partial charge >= 0.3 is 5.97 Å². The monoisotopic (exact) mass is 333 g/mol. The first-order valence-electron chi connectivity index (χ1n) is 8.73. The van der Waals surface area contributed by atoms with Crippen LogP contribution in [0.3, 0.4) is 0 Å². The van der Waals surface area contributed by atoms with Crippen molar-refractivity contribution in [1.82, 2.24) is 5.32 Å². The summed E-state index contributed by atoms with van der Waals surface area (Å²) in [5, 5.41) is 2.95. The molecule has 0 heterocycles. The lowest BCUT2D eigenvalue weighted by molar-refractivity contribution is -0.168. The molecule has 24 heavy (non-hydrogen) atoms. The molecule has 1 aromatic rings. The molecule has 0 atom stereocenters. The molecule has 1 N–H and O–H groups in total. The van der Waals surface area contributed by atoms with Gasteiger partial charge in [0.25, 0.3) is 5.91 Å². The van der Waals surface area contributed by atoms with Crippen LogP contribution in [0, 0.1) is 0 Å². The second-order valence-electron chi connectivity index (χ2n) is 6.24. The molecular formula is C19H27NO4. The summed E-state index contributed by atoms with van der Waals surface area (Å²) in [6.07, 6.45) is 5.13. The Morgan fingerprint density at radius 3 is 2.42 bits per heavy atom. The largest absolute Gasteiger partial charge is 0.497 e. The number of rotatable bonds is 8. The number of methoxy groups -OCH3 is 1. The zero-order valence-corrected chi connectivity index (χ0v) is 14.6. The van der Waals surface area contributed by atoms with E-state index in [4.69, 9.17) is 9.47 Å². The van der Waals surface area contributed by atoms with E-state index in [9.17, 15) is 9.59 Å². The van der Waals surface area contributed by atoms with Gasteiger partial charge in [-0.15, -0.1) is 0 Å². The van der Waals surface area contributed by atoms with Crippen molar-refractivity contribution in [2.45, 2.75) is 57.5 Å². The zero-order chi connectivity index (χ0) is 17.4. The van der Waals surface area contributed by atoms with Crippen LogP contribution >= 0.6 is 0 Å². The summed E-state index contributed by atoms with van der Waals surface area (Å²) >= 11 is 0. The number of aryl methyl sites for hydroxylation is 1. The average molecular weight is 333 g/mol. The van der Waals surface area contributed by atoms with E-state index in [1.54, 1.807) is 14.0 Å². The third kappa shape index (κ3) is 4.73. The van der Waals surface area contributed by atoms with Crippen LogP contribution in [0.5, 0.6) is 5.75 Å². The summed E-state index contributed by atoms with van der Waals surface area (Å²) in [5.41, 5.74) is 0.269. The summed E-state index contributed by atoms with van der Waals surface area (Å²) in [5.74, 6) is 0.398. The molecule has 0 unspecified atom stereocenters. The van der Waals surface area contributed by atoms with Crippen molar-refractivity contribution < 1.29 is 19.1 Å². The quantitative estimate of drug-likeness (QED) is 0.587. The Kier molecular flexibility index (Phi) is 6.64. The molecule has 132 valence electrons. The molecule has 0 bridgehead atoms. The highest BCUT2D eigenvalue weighted by molar-refractivity contribution is 5.88. The lowest BCUT2D eigenvalue weighted by Gasteiger charge is -2.27. The molecule has 2 rings (SSSR count). The number of ether oxygens (including phenoxy) is 2. The second kappa shape index (κ2) is 8.71. The van der Waals surface area contributed by atoms with Gasteiger partial charge in [-0.3, -0.25) is 9.59 Å². The zero-order valence-electron chi connectivity index (χ0n) is 14.6. The van der Waals surface area contributed by atoms with Gasteiger partial charge in [-0.25, -0.2) is 0 Å². The van der Waals surface area contributed by atoms with Gasteiger partial charge in [-0.2, -0.15) is 0 Å². The number of carbonyl (C=O) groups is 2. The first kappa shape index (κ1) is 18.3. The lowest BCUT2D eigenvalue weighted by Crippen LogP contribution is -2.48. The van der Waals surface area contributed by atoms with Crippen molar-refractivity contribution in [2.24, 2.45) is 0 Å². The van der Waals surface area contributed by atoms with Gasteiger partial charge in [0.2, 0.25) is 0 Å². The van der Waals surface area contributed by atoms with Crippen LogP contribution in [0.4, 0.5) is 0 Å². The first-order chi connectivity index (χ1) is 11.6. The third-order valence-corrected chi connectivity index (χ3v) is 4.51. The molecular weight excluding hydrogens is 306 g/mol. The number of hydrogen-bond donors (Lipinski definition) is 1. The van der Waals surface area contributed by atoms with Crippen molar-refractivity contribution in [2.75, 3.05) is 13.7 Å². The van der Waals surface area contributed by atoms with Crippen molar-refractivity contribution in [3.63, 3.8) is 0 Å². The topological polar surface area (TPSA) is 64.6 Å². The van der Waals surface area contributed by atoms with Crippen molar-refractivity contribution in [1.29, 1.82) is 0 Å². The van der Waals surface area contributed by atoms with Crippen LogP contribution in [0.25, 0.3) is 0 Å². The number of nitrogens with one attached hydrogen (secondary N) is 1. The van der Waals surface area contributed by atoms with E-state index in [-0.39, 0.29) is 11.9 Å². The molecule has 0 spiro atoms. The normalized spacial score (nSPS) is 15.8. The molecule has 5 heteroatoms. The Balaban J connectivity index is 1.79. The minimum absolute atomic E-state index is 0.142. The molecule has 1 aromatic carbocycles. The Hall–Kier alpha value is -2.04. The molecule has 0 saturated heterocycles. The van der Waals surface area contributed by atoms with E-state index >= 15 is 0 Å². The summed E-state index contributed by atoms with van der Waals surface area (Å²) < 4.78 is 10.6. The minimum atomic E-state index is -0.937. The summed E-state index contributed by atoms with van der Waals surface area (Å²) in [6.45, 7) is 2.33. The molecule has 0 radical (unpaired) electrons. The van der Waals surface area contributed by atoms with Gasteiger partial charge in [-0.05, 0) is 56.2 Å². The number of esters is 1. The summed E-state index contributed by atoms with van der Waals surface area (Å²) in [7, 11) is 1.65. The summed E-state index contributed by atoms with van der Waals surface area (Å²) in [6, 6.07) is 7.93. The number of amides is 1. The van der Waals surface area contributed by atoms with Crippen molar-refractivity contribution in [3.8, 4) is 5.75 Å². The lowest BCUT2D eigenvalue weighted by atomic mass is 10.0. The predicted octanol–water partition coefficient (Wildman–Crippen LogP) is 3.01. The van der Waals surface area contributed by atoms with Crippen LogP contribution in [0.1, 0.15) is 51.0 Å². The molecule has 1 aliphatic rings. The second-order valence-corrected chi connectivity index (χ2v) is 6.24. The van der Waals surface area contributed by atoms with Gasteiger partial charge in [-0.1, -0.05) is 19.1 Å². The Morgan fingerprint density at radius 2 is 1.83 bits per heavy atom. The van der Waals surface area contributed by atoms with Crippen molar-refractivity contribution in [3.05, 3.63) is 29.8 Å². The molecule has 0 aliphatic heterocycles. The Morgan fingerprint density at radius 1 is 1.17 bits per heavy atom. The molecule has 1 fully saturated rings. The fourth-order valence-electron chi connectivity index (χ4n) is 3.06. The maximum absolute atomic E-state index is 12.5. The molecule has 5 nitrogen and oxygen atoms in total. The van der Waals surface area contributed by atoms with Gasteiger partial charge in [0.05, 0.1) is 7.11 Å². The van der Waals surface area contributed by atoms with E-state index in [1.165, 1.54) is 5.56 Å². The maximum atomic E-state index is 12.5. The first-order valence-corrected chi connectivity index (χ1v) is 8.73. The van der Waals surface area contributed by atoms with Crippen LogP contribution in [-0.2, 0) is 20.7 Å². The SMILES string of the molecule is CCC(=O)OC1(C(=O)NCCCc2ccc(OC)cc2)CCCC1. The van der Waals surface area contributed by atoms with E-state index in [0.717, 1.165) is 31.4 Å².